The Hall–Kier alpha value is -0.146. The first-order valence-corrected chi connectivity index (χ1v) is 17.1. The molecule has 0 spiro atoms. The van der Waals surface area contributed by atoms with Crippen LogP contribution in [0.25, 0.3) is 0 Å². The highest BCUT2D eigenvalue weighted by atomic mass is 79.9. The summed E-state index contributed by atoms with van der Waals surface area (Å²) in [5.41, 5.74) is 2.95. The fourth-order valence-corrected chi connectivity index (χ4v) is 4.61. The molecule has 3 nitrogen and oxygen atoms in total. The molecule has 0 aliphatic carbocycles. The van der Waals surface area contributed by atoms with E-state index in [1.807, 2.05) is 0 Å². The second-order valence-corrected chi connectivity index (χ2v) is 21.2. The second kappa shape index (κ2) is 9.33. The van der Waals surface area contributed by atoms with Gasteiger partial charge in [-0.1, -0.05) is 57.5 Å². The molecular weight excluding hydrogens is 448 g/mol. The molecular formula is C22H41BrO3Si2. The van der Waals surface area contributed by atoms with Crippen LogP contribution in [-0.2, 0) is 28.5 Å². The van der Waals surface area contributed by atoms with Crippen LogP contribution in [0.4, 0.5) is 0 Å². The number of phenols is 1. The van der Waals surface area contributed by atoms with E-state index in [1.54, 1.807) is 0 Å². The summed E-state index contributed by atoms with van der Waals surface area (Å²) in [5.74, 6) is 0.329. The van der Waals surface area contributed by atoms with Crippen LogP contribution in [0, 0.1) is 0 Å². The molecule has 1 aromatic carbocycles. The second-order valence-electron chi connectivity index (χ2n) is 10.8. The van der Waals surface area contributed by atoms with E-state index in [0.717, 1.165) is 22.9 Å². The van der Waals surface area contributed by atoms with Crippen LogP contribution in [0.2, 0.25) is 36.3 Å². The molecule has 0 atom stereocenters. The Labute approximate surface area is 183 Å². The number of benzene rings is 1. The number of rotatable bonds is 8. The van der Waals surface area contributed by atoms with Gasteiger partial charge in [0.2, 0.25) is 0 Å². The van der Waals surface area contributed by atoms with Gasteiger partial charge in [-0.25, -0.2) is 0 Å². The van der Waals surface area contributed by atoms with E-state index in [9.17, 15) is 5.11 Å². The molecule has 0 bridgehead atoms. The van der Waals surface area contributed by atoms with Crippen molar-refractivity contribution < 1.29 is 14.0 Å². The first-order valence-electron chi connectivity index (χ1n) is 10.2. The zero-order valence-corrected chi connectivity index (χ0v) is 23.2. The first-order chi connectivity index (χ1) is 12.5. The van der Waals surface area contributed by atoms with Crippen molar-refractivity contribution in [2.24, 2.45) is 0 Å². The lowest BCUT2D eigenvalue weighted by molar-refractivity contribution is 0.260. The zero-order chi connectivity index (χ0) is 22.0. The average Bonchev–Trinajstić information content (AvgIpc) is 2.51. The minimum atomic E-state index is -1.88. The van der Waals surface area contributed by atoms with Gasteiger partial charge < -0.3 is 14.0 Å². The number of hydrogen-bond acceptors (Lipinski definition) is 3. The minimum absolute atomic E-state index is 0.143. The van der Waals surface area contributed by atoms with Gasteiger partial charge in [0.05, 0.1) is 13.2 Å². The Morgan fingerprint density at radius 2 is 1.18 bits per heavy atom. The average molecular weight is 490 g/mol. The van der Waals surface area contributed by atoms with Crippen molar-refractivity contribution in [3.05, 3.63) is 28.8 Å². The molecule has 28 heavy (non-hydrogen) atoms. The summed E-state index contributed by atoms with van der Waals surface area (Å²) < 4.78 is 12.8. The van der Waals surface area contributed by atoms with Gasteiger partial charge in [0, 0.05) is 16.5 Å². The van der Waals surface area contributed by atoms with Crippen molar-refractivity contribution in [3.8, 4) is 5.75 Å². The zero-order valence-electron chi connectivity index (χ0n) is 19.6. The molecule has 0 radical (unpaired) electrons. The third kappa shape index (κ3) is 6.69. The van der Waals surface area contributed by atoms with Crippen LogP contribution < -0.4 is 0 Å². The van der Waals surface area contributed by atoms with E-state index in [-0.39, 0.29) is 10.1 Å². The third-order valence-corrected chi connectivity index (χ3v) is 15.9. The Morgan fingerprint density at radius 3 is 1.46 bits per heavy atom. The molecule has 0 aliphatic heterocycles. The Morgan fingerprint density at radius 1 is 0.821 bits per heavy atom. The molecule has 0 heterocycles. The van der Waals surface area contributed by atoms with Crippen LogP contribution in [0.15, 0.2) is 12.1 Å². The standard InChI is InChI=1S/C22H41BrO3Si2/c1-21(2,3)27(7,8)25-15-18-13-17(11-12-23)14-19(20(18)24)16-26-28(9,10)22(4,5)6/h13-14,24H,11-12,15-16H2,1-10H3. The monoisotopic (exact) mass is 488 g/mol. The number of aryl methyl sites for hydroxylation is 1. The predicted octanol–water partition coefficient (Wildman–Crippen LogP) is 7.37. The van der Waals surface area contributed by atoms with Gasteiger partial charge in [0.15, 0.2) is 16.6 Å². The molecule has 0 unspecified atom stereocenters. The van der Waals surface area contributed by atoms with Crippen molar-refractivity contribution >= 4 is 32.6 Å². The minimum Gasteiger partial charge on any atom is -0.507 e. The van der Waals surface area contributed by atoms with E-state index in [0.29, 0.717) is 19.0 Å². The van der Waals surface area contributed by atoms with Crippen molar-refractivity contribution in [2.75, 3.05) is 5.33 Å². The molecule has 0 saturated heterocycles. The lowest BCUT2D eigenvalue weighted by atomic mass is 10.0. The highest BCUT2D eigenvalue weighted by Gasteiger charge is 2.38. The van der Waals surface area contributed by atoms with Crippen LogP contribution >= 0.6 is 15.9 Å². The maximum absolute atomic E-state index is 10.9. The summed E-state index contributed by atoms with van der Waals surface area (Å²) in [5, 5.41) is 12.1. The number of phenolic OH excluding ortho intramolecular Hbond substituents is 1. The highest BCUT2D eigenvalue weighted by molar-refractivity contribution is 9.09. The Kier molecular flexibility index (Phi) is 8.63. The molecule has 162 valence electrons. The molecule has 0 fully saturated rings. The van der Waals surface area contributed by atoms with Crippen LogP contribution in [0.5, 0.6) is 5.75 Å². The summed E-state index contributed by atoms with van der Waals surface area (Å²) in [4.78, 5) is 0. The summed E-state index contributed by atoms with van der Waals surface area (Å²) in [6.45, 7) is 23.3. The summed E-state index contributed by atoms with van der Waals surface area (Å²) in [6, 6.07) is 4.17. The Bertz CT molecular complexity index is 608. The smallest absolute Gasteiger partial charge is 0.192 e. The van der Waals surface area contributed by atoms with Gasteiger partial charge in [-0.15, -0.1) is 0 Å². The van der Waals surface area contributed by atoms with Gasteiger partial charge >= 0.3 is 0 Å². The fourth-order valence-electron chi connectivity index (χ4n) is 2.26. The molecule has 1 N–H and O–H groups in total. The van der Waals surface area contributed by atoms with E-state index < -0.39 is 16.6 Å². The maximum atomic E-state index is 10.9. The van der Waals surface area contributed by atoms with Crippen LogP contribution in [-0.4, -0.2) is 27.1 Å². The van der Waals surface area contributed by atoms with Gasteiger partial charge in [0.1, 0.15) is 5.75 Å². The first kappa shape index (κ1) is 25.9. The van der Waals surface area contributed by atoms with Gasteiger partial charge in [-0.2, -0.15) is 0 Å². The molecule has 6 heteroatoms. The molecule has 1 aromatic rings. The summed E-state index contributed by atoms with van der Waals surface area (Å²) in [6.07, 6.45) is 0.917. The SMILES string of the molecule is CC(C)(C)[Si](C)(C)OCc1cc(CCBr)cc(CO[Si](C)(C)C(C)(C)C)c1O. The number of hydrogen-bond donors (Lipinski definition) is 1. The van der Waals surface area contributed by atoms with Gasteiger partial charge in [0.25, 0.3) is 0 Å². The molecule has 0 aliphatic rings. The van der Waals surface area contributed by atoms with Crippen LogP contribution in [0.3, 0.4) is 0 Å². The number of halogens is 1. The molecule has 0 amide bonds. The normalized spacial score (nSPS) is 13.8. The summed E-state index contributed by atoms with van der Waals surface area (Å²) >= 11 is 3.54. The van der Waals surface area contributed by atoms with E-state index >= 15 is 0 Å². The molecule has 0 aromatic heterocycles. The lowest BCUT2D eigenvalue weighted by Gasteiger charge is -2.37. The quantitative estimate of drug-likeness (QED) is 0.306. The number of aromatic hydroxyl groups is 1. The Balaban J connectivity index is 3.12. The topological polar surface area (TPSA) is 38.7 Å². The van der Waals surface area contributed by atoms with Crippen molar-refractivity contribution in [1.82, 2.24) is 0 Å². The van der Waals surface area contributed by atoms with E-state index in [4.69, 9.17) is 8.85 Å². The molecule has 0 saturated carbocycles. The van der Waals surface area contributed by atoms with Crippen molar-refractivity contribution in [3.63, 3.8) is 0 Å². The largest absolute Gasteiger partial charge is 0.507 e. The van der Waals surface area contributed by atoms with Crippen molar-refractivity contribution in [1.29, 1.82) is 0 Å². The third-order valence-electron chi connectivity index (χ3n) is 6.50. The van der Waals surface area contributed by atoms with Gasteiger partial charge in [-0.3, -0.25) is 0 Å². The van der Waals surface area contributed by atoms with Crippen molar-refractivity contribution in [2.45, 2.75) is 97.4 Å². The van der Waals surface area contributed by atoms with Crippen LogP contribution in [0.1, 0.15) is 58.2 Å². The predicted molar refractivity (Wildman–Crippen MR) is 130 cm³/mol. The number of alkyl halides is 1. The van der Waals surface area contributed by atoms with Gasteiger partial charge in [-0.05, 0) is 60.4 Å². The highest BCUT2D eigenvalue weighted by Crippen LogP contribution is 2.39. The van der Waals surface area contributed by atoms with E-state index in [1.165, 1.54) is 5.56 Å². The maximum Gasteiger partial charge on any atom is 0.192 e. The molecule has 1 rings (SSSR count). The van der Waals surface area contributed by atoms with E-state index in [2.05, 4.69) is 95.8 Å². The summed E-state index contributed by atoms with van der Waals surface area (Å²) in [7, 11) is -3.76. The fraction of sp³-hybridized carbons (Fsp3) is 0.727. The lowest BCUT2D eigenvalue weighted by Crippen LogP contribution is -2.40.